The SMILES string of the molecule is CCNc1cc(C)c(S(=O)(=O)NC2CCC2)c(C)c1. The predicted octanol–water partition coefficient (Wildman–Crippen LogP) is 2.57. The fourth-order valence-corrected chi connectivity index (χ4v) is 4.24. The maximum Gasteiger partial charge on any atom is 0.241 e. The van der Waals surface area contributed by atoms with Gasteiger partial charge in [-0.2, -0.15) is 0 Å². The highest BCUT2D eigenvalue weighted by Gasteiger charge is 2.27. The highest BCUT2D eigenvalue weighted by Crippen LogP contribution is 2.27. The van der Waals surface area contributed by atoms with Gasteiger partial charge in [-0.3, -0.25) is 0 Å². The molecular weight excluding hydrogens is 260 g/mol. The Kier molecular flexibility index (Phi) is 4.16. The van der Waals surface area contributed by atoms with Crippen LogP contribution in [0.4, 0.5) is 5.69 Å². The van der Waals surface area contributed by atoms with Crippen molar-refractivity contribution in [3.8, 4) is 0 Å². The van der Waals surface area contributed by atoms with Crippen LogP contribution in [-0.4, -0.2) is 21.0 Å². The molecule has 0 radical (unpaired) electrons. The normalized spacial score (nSPS) is 16.2. The largest absolute Gasteiger partial charge is 0.385 e. The zero-order valence-corrected chi connectivity index (χ0v) is 12.6. The molecule has 1 aromatic carbocycles. The van der Waals surface area contributed by atoms with Crippen molar-refractivity contribution in [3.05, 3.63) is 23.3 Å². The second kappa shape index (κ2) is 5.51. The number of hydrogen-bond donors (Lipinski definition) is 2. The molecule has 0 saturated heterocycles. The number of sulfonamides is 1. The Morgan fingerprint density at radius 2 is 1.79 bits per heavy atom. The molecule has 1 saturated carbocycles. The van der Waals surface area contributed by atoms with Crippen LogP contribution in [0.5, 0.6) is 0 Å². The Hall–Kier alpha value is -1.07. The van der Waals surface area contributed by atoms with Gasteiger partial charge >= 0.3 is 0 Å². The molecule has 0 bridgehead atoms. The van der Waals surface area contributed by atoms with E-state index in [4.69, 9.17) is 0 Å². The van der Waals surface area contributed by atoms with E-state index in [2.05, 4.69) is 10.0 Å². The lowest BCUT2D eigenvalue weighted by molar-refractivity contribution is 0.383. The third-order valence-electron chi connectivity index (χ3n) is 3.54. The number of anilines is 1. The summed E-state index contributed by atoms with van der Waals surface area (Å²) in [6.45, 7) is 6.55. The van der Waals surface area contributed by atoms with Crippen molar-refractivity contribution in [3.63, 3.8) is 0 Å². The highest BCUT2D eigenvalue weighted by molar-refractivity contribution is 7.89. The second-order valence-corrected chi connectivity index (χ2v) is 6.87. The third kappa shape index (κ3) is 3.09. The van der Waals surface area contributed by atoms with Crippen LogP contribution in [-0.2, 0) is 10.0 Å². The van der Waals surface area contributed by atoms with Crippen LogP contribution >= 0.6 is 0 Å². The molecule has 0 amide bonds. The summed E-state index contributed by atoms with van der Waals surface area (Å²) in [5.41, 5.74) is 2.56. The minimum Gasteiger partial charge on any atom is -0.385 e. The monoisotopic (exact) mass is 282 g/mol. The van der Waals surface area contributed by atoms with E-state index in [-0.39, 0.29) is 6.04 Å². The molecule has 0 unspecified atom stereocenters. The van der Waals surface area contributed by atoms with E-state index in [0.717, 1.165) is 42.6 Å². The van der Waals surface area contributed by atoms with Gasteiger partial charge in [0.1, 0.15) is 0 Å². The van der Waals surface area contributed by atoms with Crippen LogP contribution in [0.2, 0.25) is 0 Å². The molecule has 0 atom stereocenters. The zero-order valence-electron chi connectivity index (χ0n) is 11.8. The Balaban J connectivity index is 2.32. The van der Waals surface area contributed by atoms with Crippen LogP contribution in [0.25, 0.3) is 0 Å². The van der Waals surface area contributed by atoms with E-state index in [1.165, 1.54) is 0 Å². The van der Waals surface area contributed by atoms with Crippen LogP contribution in [0.1, 0.15) is 37.3 Å². The molecule has 5 heteroatoms. The molecule has 2 rings (SSSR count). The Bertz CT molecular complexity index is 540. The van der Waals surface area contributed by atoms with Gasteiger partial charge in [0.25, 0.3) is 0 Å². The van der Waals surface area contributed by atoms with Crippen LogP contribution in [0.15, 0.2) is 17.0 Å². The average Bonchev–Trinajstić information content (AvgIpc) is 2.23. The second-order valence-electron chi connectivity index (χ2n) is 5.22. The first-order valence-corrected chi connectivity index (χ1v) is 8.30. The summed E-state index contributed by atoms with van der Waals surface area (Å²) in [5, 5.41) is 3.22. The van der Waals surface area contributed by atoms with Gasteiger partial charge in [-0.05, 0) is 56.9 Å². The van der Waals surface area contributed by atoms with Crippen molar-refractivity contribution < 1.29 is 8.42 Å². The van der Waals surface area contributed by atoms with Crippen LogP contribution < -0.4 is 10.0 Å². The molecule has 1 fully saturated rings. The third-order valence-corrected chi connectivity index (χ3v) is 5.36. The summed E-state index contributed by atoms with van der Waals surface area (Å²) in [4.78, 5) is 0.432. The average molecular weight is 282 g/mol. The lowest BCUT2D eigenvalue weighted by Crippen LogP contribution is -2.39. The lowest BCUT2D eigenvalue weighted by atomic mass is 9.94. The topological polar surface area (TPSA) is 58.2 Å². The summed E-state index contributed by atoms with van der Waals surface area (Å²) >= 11 is 0. The molecule has 1 aliphatic rings. The zero-order chi connectivity index (χ0) is 14.0. The van der Waals surface area contributed by atoms with Crippen molar-refractivity contribution in [2.75, 3.05) is 11.9 Å². The Labute approximate surface area is 115 Å². The van der Waals surface area contributed by atoms with Gasteiger partial charge in [-0.25, -0.2) is 13.1 Å². The minimum atomic E-state index is -3.39. The summed E-state index contributed by atoms with van der Waals surface area (Å²) in [5.74, 6) is 0. The maximum atomic E-state index is 12.4. The molecule has 1 aliphatic carbocycles. The van der Waals surface area contributed by atoms with E-state index in [0.29, 0.717) is 4.90 Å². The molecule has 2 N–H and O–H groups in total. The quantitative estimate of drug-likeness (QED) is 0.872. The summed E-state index contributed by atoms with van der Waals surface area (Å²) < 4.78 is 27.6. The molecule has 19 heavy (non-hydrogen) atoms. The number of hydrogen-bond acceptors (Lipinski definition) is 3. The highest BCUT2D eigenvalue weighted by atomic mass is 32.2. The summed E-state index contributed by atoms with van der Waals surface area (Å²) in [6.07, 6.45) is 3.02. The number of benzene rings is 1. The first-order chi connectivity index (χ1) is 8.94. The number of aryl methyl sites for hydroxylation is 2. The maximum absolute atomic E-state index is 12.4. The molecule has 0 aromatic heterocycles. The van der Waals surface area contributed by atoms with Gasteiger partial charge in [-0.1, -0.05) is 6.42 Å². The first-order valence-electron chi connectivity index (χ1n) is 6.81. The van der Waals surface area contributed by atoms with Crippen molar-refractivity contribution >= 4 is 15.7 Å². The summed E-state index contributed by atoms with van der Waals surface area (Å²) in [7, 11) is -3.39. The van der Waals surface area contributed by atoms with Crippen molar-refractivity contribution in [2.45, 2.75) is 51.0 Å². The molecule has 106 valence electrons. The fourth-order valence-electron chi connectivity index (χ4n) is 2.48. The van der Waals surface area contributed by atoms with Crippen molar-refractivity contribution in [1.82, 2.24) is 4.72 Å². The van der Waals surface area contributed by atoms with E-state index in [9.17, 15) is 8.42 Å². The molecule has 4 nitrogen and oxygen atoms in total. The van der Waals surface area contributed by atoms with E-state index < -0.39 is 10.0 Å². The van der Waals surface area contributed by atoms with Gasteiger partial charge in [0.15, 0.2) is 0 Å². The molecule has 0 spiro atoms. The molecule has 0 aliphatic heterocycles. The molecule has 0 heterocycles. The smallest absolute Gasteiger partial charge is 0.241 e. The van der Waals surface area contributed by atoms with E-state index in [1.807, 2.05) is 32.9 Å². The Morgan fingerprint density at radius 3 is 2.21 bits per heavy atom. The van der Waals surface area contributed by atoms with Gasteiger partial charge in [0, 0.05) is 18.3 Å². The minimum absolute atomic E-state index is 0.122. The van der Waals surface area contributed by atoms with E-state index >= 15 is 0 Å². The molecular formula is C14H22N2O2S. The van der Waals surface area contributed by atoms with Gasteiger partial charge in [0.05, 0.1) is 4.90 Å². The molecule has 1 aromatic rings. The van der Waals surface area contributed by atoms with Crippen molar-refractivity contribution in [1.29, 1.82) is 0 Å². The standard InChI is InChI=1S/C14H22N2O2S/c1-4-15-13-8-10(2)14(11(3)9-13)19(17,18)16-12-6-5-7-12/h8-9,12,15-16H,4-7H2,1-3H3. The van der Waals surface area contributed by atoms with Gasteiger partial charge < -0.3 is 5.32 Å². The van der Waals surface area contributed by atoms with Crippen LogP contribution in [0.3, 0.4) is 0 Å². The van der Waals surface area contributed by atoms with Gasteiger partial charge in [0.2, 0.25) is 10.0 Å². The Morgan fingerprint density at radius 1 is 1.21 bits per heavy atom. The number of rotatable bonds is 5. The van der Waals surface area contributed by atoms with E-state index in [1.54, 1.807) is 0 Å². The first kappa shape index (κ1) is 14.3. The predicted molar refractivity (Wildman–Crippen MR) is 78.0 cm³/mol. The fraction of sp³-hybridized carbons (Fsp3) is 0.571. The van der Waals surface area contributed by atoms with Crippen LogP contribution in [0, 0.1) is 13.8 Å². The van der Waals surface area contributed by atoms with Crippen molar-refractivity contribution in [2.24, 2.45) is 0 Å². The lowest BCUT2D eigenvalue weighted by Gasteiger charge is -2.27. The number of nitrogens with one attached hydrogen (secondary N) is 2. The summed E-state index contributed by atoms with van der Waals surface area (Å²) in [6, 6.07) is 3.91. The van der Waals surface area contributed by atoms with Gasteiger partial charge in [-0.15, -0.1) is 0 Å².